The number of rotatable bonds is 18. The van der Waals surface area contributed by atoms with Crippen LogP contribution in [0.3, 0.4) is 0 Å². The van der Waals surface area contributed by atoms with Gasteiger partial charge in [-0.15, -0.1) is 0 Å². The zero-order chi connectivity index (χ0) is 21.7. The molecule has 0 saturated heterocycles. The maximum absolute atomic E-state index is 5.36. The van der Waals surface area contributed by atoms with Crippen molar-refractivity contribution in [3.05, 3.63) is 0 Å². The summed E-state index contributed by atoms with van der Waals surface area (Å²) < 4.78 is 32.0. The van der Waals surface area contributed by atoms with E-state index < -0.39 is 17.6 Å². The van der Waals surface area contributed by atoms with Crippen LogP contribution < -0.4 is 0 Å². The minimum Gasteiger partial charge on any atom is -0.377 e. The molecule has 0 spiro atoms. The van der Waals surface area contributed by atoms with Gasteiger partial charge in [-0.25, -0.2) is 0 Å². The summed E-state index contributed by atoms with van der Waals surface area (Å²) in [6.07, 6.45) is 12.6. The van der Waals surface area contributed by atoms with Crippen molar-refractivity contribution in [1.82, 2.24) is 0 Å². The molecule has 8 heteroatoms. The third-order valence-corrected chi connectivity index (χ3v) is 10.7. The fraction of sp³-hybridized carbons (Fsp3) is 1.00. The van der Waals surface area contributed by atoms with Crippen LogP contribution in [0.25, 0.3) is 0 Å². The average Bonchev–Trinajstić information content (AvgIpc) is 2.75. The Hall–Kier alpha value is 0.194. The standard InChI is InChI=1S/C11H26O3Si.C9H22O3Si/c1-5-6-7-8-9-10-11-15(12-2,13-3)14-4;1-5-6-7-8-9-13(10-2,11-3)12-4/h5-11H2,1-4H3;5-9H2,1-4H3. The summed E-state index contributed by atoms with van der Waals surface area (Å²) in [6, 6.07) is 1.86. The molecule has 0 fully saturated rings. The Bertz CT molecular complexity index is 297. The minimum absolute atomic E-state index is 0.927. The van der Waals surface area contributed by atoms with Crippen molar-refractivity contribution in [2.75, 3.05) is 42.7 Å². The van der Waals surface area contributed by atoms with E-state index in [9.17, 15) is 0 Å². The van der Waals surface area contributed by atoms with Crippen LogP contribution in [0.5, 0.6) is 0 Å². The highest BCUT2D eigenvalue weighted by atomic mass is 28.4. The molecule has 0 bridgehead atoms. The Kier molecular flexibility index (Phi) is 22.2. The van der Waals surface area contributed by atoms with Gasteiger partial charge in [-0.1, -0.05) is 65.2 Å². The van der Waals surface area contributed by atoms with E-state index in [0.29, 0.717) is 0 Å². The fourth-order valence-electron chi connectivity index (χ4n) is 3.00. The van der Waals surface area contributed by atoms with Crippen LogP contribution in [0.1, 0.15) is 78.1 Å². The second kappa shape index (κ2) is 20.5. The van der Waals surface area contributed by atoms with E-state index in [4.69, 9.17) is 26.6 Å². The summed E-state index contributed by atoms with van der Waals surface area (Å²) in [6.45, 7) is 4.44. The second-order valence-corrected chi connectivity index (χ2v) is 13.1. The van der Waals surface area contributed by atoms with Gasteiger partial charge in [0.1, 0.15) is 0 Å². The Balaban J connectivity index is 0. The predicted octanol–water partition coefficient (Wildman–Crippen LogP) is 5.67. The van der Waals surface area contributed by atoms with Crippen molar-refractivity contribution in [3.8, 4) is 0 Å². The monoisotopic (exact) mass is 440 g/mol. The molecule has 0 aromatic carbocycles. The summed E-state index contributed by atoms with van der Waals surface area (Å²) in [7, 11) is 5.47. The lowest BCUT2D eigenvalue weighted by molar-refractivity contribution is 0.122. The lowest BCUT2D eigenvalue weighted by atomic mass is 10.1. The largest absolute Gasteiger partial charge is 0.500 e. The van der Waals surface area contributed by atoms with E-state index in [2.05, 4.69) is 13.8 Å². The molecule has 28 heavy (non-hydrogen) atoms. The van der Waals surface area contributed by atoms with Crippen LogP contribution in [0.4, 0.5) is 0 Å². The van der Waals surface area contributed by atoms with Crippen LogP contribution in [-0.2, 0) is 26.6 Å². The first-order chi connectivity index (χ1) is 13.5. The molecule has 0 aliphatic carbocycles. The van der Waals surface area contributed by atoms with Gasteiger partial charge >= 0.3 is 17.6 Å². The van der Waals surface area contributed by atoms with Gasteiger partial charge in [-0.2, -0.15) is 0 Å². The Labute approximate surface area is 177 Å². The van der Waals surface area contributed by atoms with Crippen molar-refractivity contribution < 1.29 is 26.6 Å². The predicted molar refractivity (Wildman–Crippen MR) is 121 cm³/mol. The third kappa shape index (κ3) is 14.2. The number of unbranched alkanes of at least 4 members (excludes halogenated alkanes) is 8. The third-order valence-electron chi connectivity index (χ3n) is 5.04. The normalized spacial score (nSPS) is 12.0. The van der Waals surface area contributed by atoms with Gasteiger partial charge in [0.05, 0.1) is 0 Å². The molecular formula is C20H48O6Si2. The smallest absolute Gasteiger partial charge is 0.377 e. The first-order valence-electron chi connectivity index (χ1n) is 10.8. The van der Waals surface area contributed by atoms with E-state index in [1.54, 1.807) is 42.7 Å². The van der Waals surface area contributed by atoms with Crippen LogP contribution in [0.2, 0.25) is 12.1 Å². The van der Waals surface area contributed by atoms with Crippen molar-refractivity contribution in [2.45, 2.75) is 90.1 Å². The Morgan fingerprint density at radius 3 is 0.929 bits per heavy atom. The fourth-order valence-corrected chi connectivity index (χ4v) is 6.59. The summed E-state index contributed by atoms with van der Waals surface area (Å²) in [5, 5.41) is 0. The summed E-state index contributed by atoms with van der Waals surface area (Å²) in [5.41, 5.74) is 0. The Morgan fingerprint density at radius 2 is 0.643 bits per heavy atom. The quantitative estimate of drug-likeness (QED) is 0.202. The van der Waals surface area contributed by atoms with Gasteiger partial charge in [0, 0.05) is 54.7 Å². The van der Waals surface area contributed by atoms with Gasteiger partial charge in [-0.3, -0.25) is 0 Å². The maximum Gasteiger partial charge on any atom is 0.500 e. The minimum atomic E-state index is -2.29. The molecule has 0 aliphatic rings. The topological polar surface area (TPSA) is 55.4 Å². The molecule has 0 radical (unpaired) electrons. The van der Waals surface area contributed by atoms with Gasteiger partial charge in [0.15, 0.2) is 0 Å². The molecule has 0 unspecified atom stereocenters. The SMILES string of the molecule is CCCCCCCC[Si](OC)(OC)OC.CCCCCC[Si](OC)(OC)OC. The lowest BCUT2D eigenvalue weighted by Gasteiger charge is -2.24. The number of hydrogen-bond donors (Lipinski definition) is 0. The van der Waals surface area contributed by atoms with E-state index in [0.717, 1.165) is 24.9 Å². The van der Waals surface area contributed by atoms with E-state index in [1.165, 1.54) is 51.4 Å². The molecule has 0 rings (SSSR count). The summed E-state index contributed by atoms with van der Waals surface area (Å²) in [5.74, 6) is 0. The molecule has 0 amide bonds. The molecule has 0 atom stereocenters. The molecule has 0 heterocycles. The van der Waals surface area contributed by atoms with E-state index >= 15 is 0 Å². The first kappa shape index (κ1) is 30.4. The van der Waals surface area contributed by atoms with Gasteiger partial charge in [0.2, 0.25) is 0 Å². The van der Waals surface area contributed by atoms with Crippen LogP contribution in [0, 0.1) is 0 Å². The van der Waals surface area contributed by atoms with Crippen LogP contribution in [0.15, 0.2) is 0 Å². The summed E-state index contributed by atoms with van der Waals surface area (Å²) >= 11 is 0. The zero-order valence-corrected chi connectivity index (χ0v) is 21.9. The zero-order valence-electron chi connectivity index (χ0n) is 19.9. The molecule has 0 aromatic rings. The van der Waals surface area contributed by atoms with Gasteiger partial charge in [0.25, 0.3) is 0 Å². The highest BCUT2D eigenvalue weighted by Crippen LogP contribution is 2.18. The average molecular weight is 441 g/mol. The van der Waals surface area contributed by atoms with Crippen LogP contribution >= 0.6 is 0 Å². The van der Waals surface area contributed by atoms with Crippen molar-refractivity contribution in [2.24, 2.45) is 0 Å². The highest BCUT2D eigenvalue weighted by Gasteiger charge is 2.37. The van der Waals surface area contributed by atoms with Crippen LogP contribution in [-0.4, -0.2) is 60.3 Å². The van der Waals surface area contributed by atoms with E-state index in [-0.39, 0.29) is 0 Å². The maximum atomic E-state index is 5.36. The molecule has 172 valence electrons. The lowest BCUT2D eigenvalue weighted by Crippen LogP contribution is -2.42. The number of hydrogen-bond acceptors (Lipinski definition) is 6. The van der Waals surface area contributed by atoms with Crippen molar-refractivity contribution in [3.63, 3.8) is 0 Å². The first-order valence-corrected chi connectivity index (χ1v) is 14.7. The molecule has 0 aromatic heterocycles. The van der Waals surface area contributed by atoms with Crippen molar-refractivity contribution in [1.29, 1.82) is 0 Å². The van der Waals surface area contributed by atoms with Crippen molar-refractivity contribution >= 4 is 17.6 Å². The van der Waals surface area contributed by atoms with E-state index in [1.807, 2.05) is 0 Å². The molecule has 6 nitrogen and oxygen atoms in total. The van der Waals surface area contributed by atoms with Gasteiger partial charge < -0.3 is 26.6 Å². The van der Waals surface area contributed by atoms with Gasteiger partial charge in [-0.05, 0) is 12.8 Å². The molecule has 0 saturated carbocycles. The highest BCUT2D eigenvalue weighted by molar-refractivity contribution is 6.60. The summed E-state index contributed by atoms with van der Waals surface area (Å²) in [4.78, 5) is 0. The molecule has 0 aliphatic heterocycles. The second-order valence-electron chi connectivity index (χ2n) is 6.92. The Morgan fingerprint density at radius 1 is 0.393 bits per heavy atom. The molecule has 0 N–H and O–H groups in total. The molecular weight excluding hydrogens is 392 g/mol.